The van der Waals surface area contributed by atoms with Gasteiger partial charge in [-0.05, 0) is 36.6 Å². The number of benzene rings is 1. The van der Waals surface area contributed by atoms with Crippen LogP contribution in [0, 0.1) is 11.7 Å². The Balaban J connectivity index is 0.00000529. The van der Waals surface area contributed by atoms with Crippen molar-refractivity contribution in [2.24, 2.45) is 11.7 Å². The SMILES string of the molecule is CC(C)CC(CN)NC(=O)CCNS(=O)(=O)c1ccc(F)cc1.Cl. The van der Waals surface area contributed by atoms with Crippen LogP contribution in [0.1, 0.15) is 26.7 Å². The predicted molar refractivity (Wildman–Crippen MR) is 93.9 cm³/mol. The summed E-state index contributed by atoms with van der Waals surface area (Å²) in [5, 5.41) is 2.78. The highest BCUT2D eigenvalue weighted by molar-refractivity contribution is 7.89. The van der Waals surface area contributed by atoms with Gasteiger partial charge in [-0.15, -0.1) is 12.4 Å². The van der Waals surface area contributed by atoms with Crippen LogP contribution in [0.3, 0.4) is 0 Å². The summed E-state index contributed by atoms with van der Waals surface area (Å²) in [6.07, 6.45) is 0.776. The molecule has 1 unspecified atom stereocenters. The van der Waals surface area contributed by atoms with Crippen molar-refractivity contribution in [3.8, 4) is 0 Å². The molecule has 1 aromatic carbocycles. The van der Waals surface area contributed by atoms with E-state index in [1.54, 1.807) is 0 Å². The van der Waals surface area contributed by atoms with Crippen LogP contribution < -0.4 is 15.8 Å². The van der Waals surface area contributed by atoms with Gasteiger partial charge in [-0.2, -0.15) is 0 Å². The van der Waals surface area contributed by atoms with E-state index < -0.39 is 15.8 Å². The molecule has 0 heterocycles. The number of nitrogens with two attached hydrogens (primary N) is 1. The van der Waals surface area contributed by atoms with E-state index in [9.17, 15) is 17.6 Å². The zero-order valence-corrected chi connectivity index (χ0v) is 15.4. The third-order valence-electron chi connectivity index (χ3n) is 3.17. The minimum absolute atomic E-state index is 0. The predicted octanol–water partition coefficient (Wildman–Crippen LogP) is 1.41. The first-order chi connectivity index (χ1) is 10.7. The van der Waals surface area contributed by atoms with E-state index >= 15 is 0 Å². The number of carbonyl (C=O) groups excluding carboxylic acids is 1. The molecule has 0 aliphatic rings. The van der Waals surface area contributed by atoms with Gasteiger partial charge in [-0.1, -0.05) is 13.8 Å². The molecule has 9 heteroatoms. The van der Waals surface area contributed by atoms with Gasteiger partial charge in [0.15, 0.2) is 0 Å². The molecular weight excluding hydrogens is 357 g/mol. The van der Waals surface area contributed by atoms with Gasteiger partial charge in [0, 0.05) is 25.6 Å². The fourth-order valence-corrected chi connectivity index (χ4v) is 3.11. The Morgan fingerprint density at radius 2 is 1.83 bits per heavy atom. The highest BCUT2D eigenvalue weighted by atomic mass is 35.5. The van der Waals surface area contributed by atoms with Crippen molar-refractivity contribution in [1.29, 1.82) is 0 Å². The van der Waals surface area contributed by atoms with Crippen molar-refractivity contribution in [3.63, 3.8) is 0 Å². The van der Waals surface area contributed by atoms with Gasteiger partial charge in [0.2, 0.25) is 15.9 Å². The van der Waals surface area contributed by atoms with Gasteiger partial charge in [0.25, 0.3) is 0 Å². The lowest BCUT2D eigenvalue weighted by atomic mass is 10.0. The minimum Gasteiger partial charge on any atom is -0.352 e. The molecule has 138 valence electrons. The molecule has 6 nitrogen and oxygen atoms in total. The number of sulfonamides is 1. The third-order valence-corrected chi connectivity index (χ3v) is 4.65. The second-order valence-electron chi connectivity index (χ2n) is 5.73. The van der Waals surface area contributed by atoms with E-state index in [1.165, 1.54) is 12.1 Å². The third kappa shape index (κ3) is 8.05. The monoisotopic (exact) mass is 381 g/mol. The van der Waals surface area contributed by atoms with Gasteiger partial charge in [-0.25, -0.2) is 17.5 Å². The summed E-state index contributed by atoms with van der Waals surface area (Å²) in [4.78, 5) is 11.8. The first kappa shape index (κ1) is 22.8. The van der Waals surface area contributed by atoms with E-state index in [0.717, 1.165) is 18.6 Å². The Hall–Kier alpha value is -1.22. The first-order valence-corrected chi connectivity index (χ1v) is 8.97. The Kier molecular flexibility index (Phi) is 10.1. The fourth-order valence-electron chi connectivity index (χ4n) is 2.08. The lowest BCUT2D eigenvalue weighted by molar-refractivity contribution is -0.121. The topological polar surface area (TPSA) is 101 Å². The summed E-state index contributed by atoms with van der Waals surface area (Å²) in [7, 11) is -3.75. The van der Waals surface area contributed by atoms with Crippen LogP contribution in [0.4, 0.5) is 4.39 Å². The zero-order valence-electron chi connectivity index (χ0n) is 13.8. The molecule has 0 saturated carbocycles. The molecule has 0 aliphatic heterocycles. The molecule has 0 aliphatic carbocycles. The molecule has 1 amide bonds. The Labute approximate surface area is 148 Å². The smallest absolute Gasteiger partial charge is 0.240 e. The molecule has 1 atom stereocenters. The van der Waals surface area contributed by atoms with E-state index in [1.807, 2.05) is 13.8 Å². The van der Waals surface area contributed by atoms with Crippen molar-refractivity contribution in [2.75, 3.05) is 13.1 Å². The first-order valence-electron chi connectivity index (χ1n) is 7.49. The highest BCUT2D eigenvalue weighted by Gasteiger charge is 2.16. The molecule has 24 heavy (non-hydrogen) atoms. The molecular formula is C15H25ClFN3O3S. The number of nitrogens with one attached hydrogen (secondary N) is 2. The van der Waals surface area contributed by atoms with E-state index in [-0.39, 0.29) is 42.2 Å². The average molecular weight is 382 g/mol. The van der Waals surface area contributed by atoms with Crippen molar-refractivity contribution in [3.05, 3.63) is 30.1 Å². The summed E-state index contributed by atoms with van der Waals surface area (Å²) < 4.78 is 39.0. The minimum atomic E-state index is -3.75. The van der Waals surface area contributed by atoms with Crippen molar-refractivity contribution >= 4 is 28.3 Å². The maximum Gasteiger partial charge on any atom is 0.240 e. The zero-order chi connectivity index (χ0) is 17.5. The van der Waals surface area contributed by atoms with Gasteiger partial charge in [0.1, 0.15) is 5.82 Å². The van der Waals surface area contributed by atoms with Crippen LogP contribution in [-0.2, 0) is 14.8 Å². The van der Waals surface area contributed by atoms with Crippen LogP contribution in [0.2, 0.25) is 0 Å². The van der Waals surface area contributed by atoms with E-state index in [2.05, 4.69) is 10.0 Å². The molecule has 0 radical (unpaired) electrons. The van der Waals surface area contributed by atoms with E-state index in [4.69, 9.17) is 5.73 Å². The normalized spacial score (nSPS) is 12.5. The van der Waals surface area contributed by atoms with Crippen LogP contribution in [0.15, 0.2) is 29.2 Å². The van der Waals surface area contributed by atoms with E-state index in [0.29, 0.717) is 12.5 Å². The van der Waals surface area contributed by atoms with Crippen LogP contribution in [0.5, 0.6) is 0 Å². The van der Waals surface area contributed by atoms with Crippen LogP contribution in [-0.4, -0.2) is 33.5 Å². The lowest BCUT2D eigenvalue weighted by Crippen LogP contribution is -2.42. The lowest BCUT2D eigenvalue weighted by Gasteiger charge is -2.18. The quantitative estimate of drug-likeness (QED) is 0.601. The van der Waals surface area contributed by atoms with Gasteiger partial charge >= 0.3 is 0 Å². The number of halogens is 2. The van der Waals surface area contributed by atoms with Gasteiger partial charge in [-0.3, -0.25) is 4.79 Å². The average Bonchev–Trinajstić information content (AvgIpc) is 2.46. The molecule has 1 rings (SSSR count). The highest BCUT2D eigenvalue weighted by Crippen LogP contribution is 2.09. The van der Waals surface area contributed by atoms with Crippen molar-refractivity contribution < 1.29 is 17.6 Å². The number of hydrogen-bond acceptors (Lipinski definition) is 4. The maximum atomic E-state index is 12.8. The second kappa shape index (κ2) is 10.6. The molecule has 4 N–H and O–H groups in total. The van der Waals surface area contributed by atoms with Crippen molar-refractivity contribution in [1.82, 2.24) is 10.0 Å². The summed E-state index contributed by atoms with van der Waals surface area (Å²) in [6, 6.07) is 4.37. The Morgan fingerprint density at radius 1 is 1.25 bits per heavy atom. The second-order valence-corrected chi connectivity index (χ2v) is 7.50. The number of carbonyl (C=O) groups is 1. The number of hydrogen-bond donors (Lipinski definition) is 3. The molecule has 0 aromatic heterocycles. The molecule has 0 bridgehead atoms. The van der Waals surface area contributed by atoms with Crippen LogP contribution >= 0.6 is 12.4 Å². The number of amides is 1. The molecule has 0 fully saturated rings. The Bertz CT molecular complexity index is 609. The fraction of sp³-hybridized carbons (Fsp3) is 0.533. The molecule has 0 saturated heterocycles. The summed E-state index contributed by atoms with van der Waals surface area (Å²) in [5.74, 6) is -0.370. The molecule has 1 aromatic rings. The van der Waals surface area contributed by atoms with Gasteiger partial charge < -0.3 is 11.1 Å². The standard InChI is InChI=1S/C15H24FN3O3S.ClH/c1-11(2)9-13(10-17)19-15(20)7-8-18-23(21,22)14-5-3-12(16)4-6-14;/h3-6,11,13,18H,7-10,17H2,1-2H3,(H,19,20);1H. The molecule has 0 spiro atoms. The summed E-state index contributed by atoms with van der Waals surface area (Å²) in [5.41, 5.74) is 5.60. The van der Waals surface area contributed by atoms with Crippen molar-refractivity contribution in [2.45, 2.75) is 37.6 Å². The maximum absolute atomic E-state index is 12.8. The Morgan fingerprint density at radius 3 is 2.33 bits per heavy atom. The summed E-state index contributed by atoms with van der Waals surface area (Å²) >= 11 is 0. The van der Waals surface area contributed by atoms with Gasteiger partial charge in [0.05, 0.1) is 4.90 Å². The number of rotatable bonds is 9. The van der Waals surface area contributed by atoms with Crippen LogP contribution in [0.25, 0.3) is 0 Å². The summed E-state index contributed by atoms with van der Waals surface area (Å²) in [6.45, 7) is 4.37. The largest absolute Gasteiger partial charge is 0.352 e.